The summed E-state index contributed by atoms with van der Waals surface area (Å²) >= 11 is 3.08. The van der Waals surface area contributed by atoms with Crippen LogP contribution in [0.25, 0.3) is 0 Å². The Labute approximate surface area is 60.3 Å². The van der Waals surface area contributed by atoms with Crippen molar-refractivity contribution < 1.29 is 0 Å². The van der Waals surface area contributed by atoms with Crippen LogP contribution in [0.4, 0.5) is 0 Å². The summed E-state index contributed by atoms with van der Waals surface area (Å²) in [6.45, 7) is 1.73. The molecule has 9 heavy (non-hydrogen) atoms. The van der Waals surface area contributed by atoms with E-state index >= 15 is 0 Å². The maximum absolute atomic E-state index is 10.6. The Kier molecular flexibility index (Phi) is 1.66. The second-order valence-electron chi connectivity index (χ2n) is 1.65. The summed E-state index contributed by atoms with van der Waals surface area (Å²) in [7, 11) is 0. The van der Waals surface area contributed by atoms with Gasteiger partial charge in [0.1, 0.15) is 10.4 Å². The zero-order chi connectivity index (χ0) is 6.85. The summed E-state index contributed by atoms with van der Waals surface area (Å²) in [6.07, 6.45) is 0. The molecule has 1 aromatic rings. The van der Waals surface area contributed by atoms with Gasteiger partial charge in [-0.05, 0) is 22.9 Å². The molecular formula is C5H5BrN2O. The van der Waals surface area contributed by atoms with Crippen molar-refractivity contribution in [2.45, 2.75) is 6.92 Å². The highest BCUT2D eigenvalue weighted by molar-refractivity contribution is 9.10. The molecule has 0 amide bonds. The molecule has 1 rings (SSSR count). The zero-order valence-electron chi connectivity index (χ0n) is 4.81. The molecule has 0 saturated carbocycles. The molecule has 1 heterocycles. The molecule has 3 nitrogen and oxygen atoms in total. The van der Waals surface area contributed by atoms with Gasteiger partial charge in [0.25, 0.3) is 5.56 Å². The smallest absolute Gasteiger partial charge is 0.251 e. The minimum atomic E-state index is -0.130. The molecule has 0 aliphatic carbocycles. The number of H-pyrrole nitrogens is 1. The van der Waals surface area contributed by atoms with Crippen LogP contribution in [-0.2, 0) is 0 Å². The monoisotopic (exact) mass is 188 g/mol. The number of halogens is 1. The largest absolute Gasteiger partial charge is 0.311 e. The highest BCUT2D eigenvalue weighted by Crippen LogP contribution is 1.98. The van der Waals surface area contributed by atoms with Crippen LogP contribution in [-0.4, -0.2) is 9.97 Å². The second kappa shape index (κ2) is 2.31. The quantitative estimate of drug-likeness (QED) is 0.614. The lowest BCUT2D eigenvalue weighted by atomic mass is 10.6. The summed E-state index contributed by atoms with van der Waals surface area (Å²) in [5.74, 6) is 0.620. The third kappa shape index (κ3) is 1.64. The van der Waals surface area contributed by atoms with Crippen molar-refractivity contribution in [3.63, 3.8) is 0 Å². The van der Waals surface area contributed by atoms with Crippen LogP contribution in [0.3, 0.4) is 0 Å². The normalized spacial score (nSPS) is 9.56. The molecule has 0 radical (unpaired) electrons. The van der Waals surface area contributed by atoms with Gasteiger partial charge in [-0.1, -0.05) is 0 Å². The molecule has 0 bridgehead atoms. The van der Waals surface area contributed by atoms with Gasteiger partial charge in [0.2, 0.25) is 0 Å². The maximum atomic E-state index is 10.6. The van der Waals surface area contributed by atoms with E-state index in [9.17, 15) is 4.79 Å². The van der Waals surface area contributed by atoms with Crippen LogP contribution in [0.15, 0.2) is 15.5 Å². The van der Waals surface area contributed by atoms with E-state index in [0.717, 1.165) is 0 Å². The fourth-order valence-electron chi connectivity index (χ4n) is 0.543. The average molecular weight is 189 g/mol. The van der Waals surface area contributed by atoms with E-state index in [-0.39, 0.29) is 5.56 Å². The standard InChI is InChI=1S/C5H5BrN2O/c1-3-7-4(6)2-5(9)8-3/h2H,1H3,(H,7,8,9). The van der Waals surface area contributed by atoms with E-state index in [1.165, 1.54) is 6.07 Å². The lowest BCUT2D eigenvalue weighted by Crippen LogP contribution is -2.06. The van der Waals surface area contributed by atoms with Gasteiger partial charge in [-0.15, -0.1) is 0 Å². The molecule has 0 fully saturated rings. The van der Waals surface area contributed by atoms with Gasteiger partial charge >= 0.3 is 0 Å². The van der Waals surface area contributed by atoms with E-state index in [4.69, 9.17) is 0 Å². The summed E-state index contributed by atoms with van der Waals surface area (Å²) in [4.78, 5) is 17.0. The summed E-state index contributed by atoms with van der Waals surface area (Å²) in [5, 5.41) is 0. The Balaban J connectivity index is 3.33. The number of hydrogen-bond donors (Lipinski definition) is 1. The van der Waals surface area contributed by atoms with Gasteiger partial charge in [-0.3, -0.25) is 4.79 Å². The van der Waals surface area contributed by atoms with Crippen LogP contribution in [0.5, 0.6) is 0 Å². The topological polar surface area (TPSA) is 45.8 Å². The van der Waals surface area contributed by atoms with E-state index in [0.29, 0.717) is 10.4 Å². The van der Waals surface area contributed by atoms with Gasteiger partial charge in [0.05, 0.1) is 0 Å². The van der Waals surface area contributed by atoms with Crippen LogP contribution in [0.1, 0.15) is 5.82 Å². The highest BCUT2D eigenvalue weighted by Gasteiger charge is 1.90. The van der Waals surface area contributed by atoms with Crippen LogP contribution >= 0.6 is 15.9 Å². The molecule has 0 aliphatic heterocycles. The molecule has 0 unspecified atom stereocenters. The van der Waals surface area contributed by atoms with Crippen molar-refractivity contribution in [3.8, 4) is 0 Å². The van der Waals surface area contributed by atoms with Crippen molar-refractivity contribution >= 4 is 15.9 Å². The Morgan fingerprint density at radius 1 is 1.78 bits per heavy atom. The molecule has 48 valence electrons. The molecule has 0 saturated heterocycles. The Morgan fingerprint density at radius 2 is 2.44 bits per heavy atom. The third-order valence-corrected chi connectivity index (χ3v) is 1.24. The zero-order valence-corrected chi connectivity index (χ0v) is 6.40. The summed E-state index contributed by atoms with van der Waals surface area (Å²) < 4.78 is 0.573. The fourth-order valence-corrected chi connectivity index (χ4v) is 1.02. The number of aromatic amines is 1. The number of aromatic nitrogens is 2. The third-order valence-electron chi connectivity index (χ3n) is 0.829. The molecule has 1 aromatic heterocycles. The van der Waals surface area contributed by atoms with E-state index in [1.54, 1.807) is 6.92 Å². The first-order valence-corrected chi connectivity index (χ1v) is 3.21. The first-order valence-electron chi connectivity index (χ1n) is 2.42. The predicted octanol–water partition coefficient (Wildman–Crippen LogP) is 0.841. The van der Waals surface area contributed by atoms with Crippen molar-refractivity contribution in [2.24, 2.45) is 0 Å². The molecule has 0 aromatic carbocycles. The molecule has 0 spiro atoms. The number of nitrogens with one attached hydrogen (secondary N) is 1. The minimum Gasteiger partial charge on any atom is -0.311 e. The second-order valence-corrected chi connectivity index (χ2v) is 2.47. The van der Waals surface area contributed by atoms with Gasteiger partial charge in [0, 0.05) is 6.07 Å². The van der Waals surface area contributed by atoms with Crippen molar-refractivity contribution in [1.29, 1.82) is 0 Å². The van der Waals surface area contributed by atoms with Crippen molar-refractivity contribution in [1.82, 2.24) is 9.97 Å². The number of aryl methyl sites for hydroxylation is 1. The van der Waals surface area contributed by atoms with Crippen molar-refractivity contribution in [2.75, 3.05) is 0 Å². The van der Waals surface area contributed by atoms with Gasteiger partial charge < -0.3 is 4.98 Å². The van der Waals surface area contributed by atoms with Gasteiger partial charge in [-0.25, -0.2) is 4.98 Å². The molecular weight excluding hydrogens is 184 g/mol. The molecule has 1 N–H and O–H groups in total. The number of rotatable bonds is 0. The Hall–Kier alpha value is -0.640. The van der Waals surface area contributed by atoms with Crippen LogP contribution in [0, 0.1) is 6.92 Å². The van der Waals surface area contributed by atoms with Gasteiger partial charge in [-0.2, -0.15) is 0 Å². The predicted molar refractivity (Wildman–Crippen MR) is 37.3 cm³/mol. The van der Waals surface area contributed by atoms with Crippen molar-refractivity contribution in [3.05, 3.63) is 26.8 Å². The molecule has 0 atom stereocenters. The van der Waals surface area contributed by atoms with Crippen LogP contribution in [0.2, 0.25) is 0 Å². The summed E-state index contributed by atoms with van der Waals surface area (Å²) in [5.41, 5.74) is -0.130. The fraction of sp³-hybridized carbons (Fsp3) is 0.200. The lowest BCUT2D eigenvalue weighted by molar-refractivity contribution is 1.00. The number of nitrogens with zero attached hydrogens (tertiary/aromatic N) is 1. The minimum absolute atomic E-state index is 0.130. The average Bonchev–Trinajstić information content (AvgIpc) is 1.59. The maximum Gasteiger partial charge on any atom is 0.251 e. The first kappa shape index (κ1) is 6.48. The van der Waals surface area contributed by atoms with Crippen LogP contribution < -0.4 is 5.56 Å². The van der Waals surface area contributed by atoms with E-state index < -0.39 is 0 Å². The molecule has 0 aliphatic rings. The Bertz CT molecular complexity index is 245. The van der Waals surface area contributed by atoms with E-state index in [1.807, 2.05) is 0 Å². The summed E-state index contributed by atoms with van der Waals surface area (Å²) in [6, 6.07) is 1.38. The van der Waals surface area contributed by atoms with Gasteiger partial charge in [0.15, 0.2) is 0 Å². The van der Waals surface area contributed by atoms with E-state index in [2.05, 4.69) is 25.9 Å². The Morgan fingerprint density at radius 3 is 2.89 bits per heavy atom. The first-order chi connectivity index (χ1) is 4.18. The highest BCUT2D eigenvalue weighted by atomic mass is 79.9. The lowest BCUT2D eigenvalue weighted by Gasteiger charge is -1.89. The molecule has 4 heteroatoms. The number of hydrogen-bond acceptors (Lipinski definition) is 2. The SMILES string of the molecule is Cc1nc(Br)cc(=O)[nH]1.